The number of aryl methyl sites for hydroxylation is 1. The second-order valence-electron chi connectivity index (χ2n) is 6.22. The number of benzene rings is 1. The van der Waals surface area contributed by atoms with Crippen molar-refractivity contribution in [1.82, 2.24) is 0 Å². The topological polar surface area (TPSA) is 20.2 Å². The van der Waals surface area contributed by atoms with Gasteiger partial charge in [-0.3, -0.25) is 0 Å². The molecule has 2 heteroatoms. The van der Waals surface area contributed by atoms with Gasteiger partial charge in [0.05, 0.1) is 6.10 Å². The fourth-order valence-electron chi connectivity index (χ4n) is 2.89. The van der Waals surface area contributed by atoms with Crippen LogP contribution in [-0.4, -0.2) is 17.0 Å². The second-order valence-corrected chi connectivity index (χ2v) is 7.31. The third-order valence-electron chi connectivity index (χ3n) is 4.62. The van der Waals surface area contributed by atoms with E-state index in [0.29, 0.717) is 5.92 Å². The predicted octanol–water partition coefficient (Wildman–Crippen LogP) is 4.52. The van der Waals surface area contributed by atoms with Crippen LogP contribution in [0.2, 0.25) is 0 Å². The Bertz CT molecular complexity index is 387. The van der Waals surface area contributed by atoms with Crippen molar-refractivity contribution >= 4 is 11.8 Å². The zero-order valence-electron chi connectivity index (χ0n) is 12.3. The van der Waals surface area contributed by atoms with Crippen molar-refractivity contribution in [3.8, 4) is 0 Å². The van der Waals surface area contributed by atoms with Gasteiger partial charge in [0.2, 0.25) is 0 Å². The zero-order chi connectivity index (χ0) is 13.8. The van der Waals surface area contributed by atoms with Crippen molar-refractivity contribution in [3.05, 3.63) is 29.8 Å². The van der Waals surface area contributed by atoms with Gasteiger partial charge in [-0.1, -0.05) is 38.0 Å². The van der Waals surface area contributed by atoms with E-state index in [0.717, 1.165) is 17.6 Å². The van der Waals surface area contributed by atoms with Crippen molar-refractivity contribution in [3.63, 3.8) is 0 Å². The molecule has 0 radical (unpaired) electrons. The number of aliphatic hydroxyl groups excluding tert-OH is 1. The third-order valence-corrected chi connectivity index (χ3v) is 5.74. The minimum Gasteiger partial charge on any atom is -0.392 e. The van der Waals surface area contributed by atoms with Crippen LogP contribution in [0.25, 0.3) is 0 Å². The van der Waals surface area contributed by atoms with Crippen molar-refractivity contribution < 1.29 is 5.11 Å². The van der Waals surface area contributed by atoms with E-state index in [1.807, 2.05) is 0 Å². The predicted molar refractivity (Wildman–Crippen MR) is 83.6 cm³/mol. The maximum atomic E-state index is 10.4. The summed E-state index contributed by atoms with van der Waals surface area (Å²) < 4.78 is 0. The summed E-state index contributed by atoms with van der Waals surface area (Å²) in [6, 6.07) is 8.58. The van der Waals surface area contributed by atoms with Gasteiger partial charge in [-0.2, -0.15) is 0 Å². The average Bonchev–Trinajstić information content (AvgIpc) is 2.41. The second kappa shape index (κ2) is 6.81. The normalized spacial score (nSPS) is 29.2. The van der Waals surface area contributed by atoms with Crippen LogP contribution in [-0.2, 0) is 0 Å². The van der Waals surface area contributed by atoms with Crippen LogP contribution < -0.4 is 0 Å². The van der Waals surface area contributed by atoms with Crippen LogP contribution in [0.3, 0.4) is 0 Å². The van der Waals surface area contributed by atoms with E-state index in [1.54, 1.807) is 11.8 Å². The van der Waals surface area contributed by atoms with Gasteiger partial charge in [-0.05, 0) is 49.7 Å². The smallest absolute Gasteiger partial charge is 0.0662 e. The Labute approximate surface area is 121 Å². The van der Waals surface area contributed by atoms with E-state index >= 15 is 0 Å². The van der Waals surface area contributed by atoms with E-state index < -0.39 is 0 Å². The third kappa shape index (κ3) is 4.25. The van der Waals surface area contributed by atoms with Crippen molar-refractivity contribution in [2.24, 2.45) is 17.8 Å². The standard InChI is InChI=1S/C17H26OS/c1-12-4-8-16(9-5-12)19-11-17(18)15-7-6-13(2)14(3)10-15/h4-5,8-9,13-15,17-18H,6-7,10-11H2,1-3H3. The van der Waals surface area contributed by atoms with E-state index in [2.05, 4.69) is 45.0 Å². The Balaban J connectivity index is 1.81. The monoisotopic (exact) mass is 278 g/mol. The Morgan fingerprint density at radius 1 is 1.16 bits per heavy atom. The fraction of sp³-hybridized carbons (Fsp3) is 0.647. The van der Waals surface area contributed by atoms with Crippen molar-refractivity contribution in [2.45, 2.75) is 51.0 Å². The molecule has 1 fully saturated rings. The van der Waals surface area contributed by atoms with Gasteiger partial charge in [0, 0.05) is 10.6 Å². The van der Waals surface area contributed by atoms with Gasteiger partial charge < -0.3 is 5.11 Å². The van der Waals surface area contributed by atoms with E-state index in [4.69, 9.17) is 0 Å². The molecule has 1 saturated carbocycles. The molecule has 0 aliphatic heterocycles. The molecule has 106 valence electrons. The number of rotatable bonds is 4. The lowest BCUT2D eigenvalue weighted by molar-refractivity contribution is 0.0729. The summed E-state index contributed by atoms with van der Waals surface area (Å²) >= 11 is 1.78. The molecule has 4 atom stereocenters. The lowest BCUT2D eigenvalue weighted by atomic mass is 9.74. The SMILES string of the molecule is Cc1ccc(SCC(O)C2CCC(C)C(C)C2)cc1. The molecule has 4 unspecified atom stereocenters. The molecule has 19 heavy (non-hydrogen) atoms. The number of thioether (sulfide) groups is 1. The molecule has 1 aliphatic carbocycles. The van der Waals surface area contributed by atoms with Crippen LogP contribution in [0.15, 0.2) is 29.2 Å². The number of hydrogen-bond acceptors (Lipinski definition) is 2. The van der Waals surface area contributed by atoms with Crippen LogP contribution in [0.1, 0.15) is 38.7 Å². The average molecular weight is 278 g/mol. The van der Waals surface area contributed by atoms with E-state index in [-0.39, 0.29) is 6.10 Å². The van der Waals surface area contributed by atoms with Crippen LogP contribution in [0, 0.1) is 24.7 Å². The van der Waals surface area contributed by atoms with Gasteiger partial charge in [-0.15, -0.1) is 11.8 Å². The van der Waals surface area contributed by atoms with Crippen molar-refractivity contribution in [1.29, 1.82) is 0 Å². The quantitative estimate of drug-likeness (QED) is 0.817. The summed E-state index contributed by atoms with van der Waals surface area (Å²) in [7, 11) is 0. The molecule has 0 spiro atoms. The summed E-state index contributed by atoms with van der Waals surface area (Å²) in [5.74, 6) is 2.92. The number of aliphatic hydroxyl groups is 1. The zero-order valence-corrected chi connectivity index (χ0v) is 13.1. The maximum absolute atomic E-state index is 10.4. The van der Waals surface area contributed by atoms with E-state index in [9.17, 15) is 5.11 Å². The fourth-order valence-corrected chi connectivity index (χ4v) is 3.85. The molecule has 0 heterocycles. The van der Waals surface area contributed by atoms with E-state index in [1.165, 1.54) is 29.7 Å². The summed E-state index contributed by atoms with van der Waals surface area (Å²) in [6.07, 6.45) is 3.51. The van der Waals surface area contributed by atoms with Gasteiger partial charge in [-0.25, -0.2) is 0 Å². The summed E-state index contributed by atoms with van der Waals surface area (Å²) in [4.78, 5) is 1.27. The Kier molecular flexibility index (Phi) is 5.35. The summed E-state index contributed by atoms with van der Waals surface area (Å²) in [5.41, 5.74) is 1.29. The minimum absolute atomic E-state index is 0.152. The first-order valence-electron chi connectivity index (χ1n) is 7.43. The summed E-state index contributed by atoms with van der Waals surface area (Å²) in [6.45, 7) is 6.78. The first kappa shape index (κ1) is 14.9. The minimum atomic E-state index is -0.152. The van der Waals surface area contributed by atoms with Crippen molar-refractivity contribution in [2.75, 3.05) is 5.75 Å². The van der Waals surface area contributed by atoms with Crippen LogP contribution in [0.4, 0.5) is 0 Å². The van der Waals surface area contributed by atoms with Crippen LogP contribution in [0.5, 0.6) is 0 Å². The van der Waals surface area contributed by atoms with Gasteiger partial charge in [0.15, 0.2) is 0 Å². The highest BCUT2D eigenvalue weighted by atomic mass is 32.2. The highest BCUT2D eigenvalue weighted by molar-refractivity contribution is 7.99. The largest absolute Gasteiger partial charge is 0.392 e. The molecule has 0 aromatic heterocycles. The summed E-state index contributed by atoms with van der Waals surface area (Å²) in [5, 5.41) is 10.4. The molecule has 2 rings (SSSR count). The molecule has 0 amide bonds. The molecule has 1 N–H and O–H groups in total. The highest BCUT2D eigenvalue weighted by Gasteiger charge is 2.29. The Morgan fingerprint density at radius 3 is 2.47 bits per heavy atom. The van der Waals surface area contributed by atoms with Gasteiger partial charge >= 0.3 is 0 Å². The molecule has 0 bridgehead atoms. The Hall–Kier alpha value is -0.470. The molecule has 1 aliphatic rings. The molecular weight excluding hydrogens is 252 g/mol. The first-order valence-corrected chi connectivity index (χ1v) is 8.42. The molecule has 0 saturated heterocycles. The Morgan fingerprint density at radius 2 is 1.84 bits per heavy atom. The molecule has 1 aromatic rings. The van der Waals surface area contributed by atoms with Gasteiger partial charge in [0.1, 0.15) is 0 Å². The lowest BCUT2D eigenvalue weighted by Crippen LogP contribution is -2.30. The molecular formula is C17H26OS. The highest BCUT2D eigenvalue weighted by Crippen LogP contribution is 2.36. The molecule has 1 aromatic carbocycles. The maximum Gasteiger partial charge on any atom is 0.0662 e. The first-order chi connectivity index (χ1) is 9.06. The van der Waals surface area contributed by atoms with Gasteiger partial charge in [0.25, 0.3) is 0 Å². The lowest BCUT2D eigenvalue weighted by Gasteiger charge is -2.34. The van der Waals surface area contributed by atoms with Crippen LogP contribution >= 0.6 is 11.8 Å². The number of hydrogen-bond donors (Lipinski definition) is 1. The molecule has 1 nitrogen and oxygen atoms in total.